The van der Waals surface area contributed by atoms with Crippen molar-refractivity contribution in [3.8, 4) is 5.75 Å². The summed E-state index contributed by atoms with van der Waals surface area (Å²) in [6.45, 7) is 8.69. The van der Waals surface area contributed by atoms with Crippen LogP contribution in [-0.4, -0.2) is 14.5 Å². The van der Waals surface area contributed by atoms with E-state index in [0.29, 0.717) is 0 Å². The SMILES string of the molecule is Cc1ccsc1CC=Nc1ccccc1O[Si](C)(C)C. The van der Waals surface area contributed by atoms with Gasteiger partial charge in [0.2, 0.25) is 8.32 Å². The molecule has 1 heterocycles. The molecule has 0 bridgehead atoms. The molecule has 0 aliphatic heterocycles. The molecule has 106 valence electrons. The summed E-state index contributed by atoms with van der Waals surface area (Å²) in [6.07, 6.45) is 2.86. The van der Waals surface area contributed by atoms with Crippen molar-refractivity contribution in [2.45, 2.75) is 33.0 Å². The molecule has 4 heteroatoms. The number of benzene rings is 1. The average molecular weight is 304 g/mol. The van der Waals surface area contributed by atoms with Gasteiger partial charge in [0.25, 0.3) is 0 Å². The lowest BCUT2D eigenvalue weighted by atomic mass is 10.2. The molecule has 0 unspecified atom stereocenters. The van der Waals surface area contributed by atoms with E-state index in [-0.39, 0.29) is 0 Å². The second kappa shape index (κ2) is 6.37. The van der Waals surface area contributed by atoms with E-state index in [4.69, 9.17) is 4.43 Å². The second-order valence-electron chi connectivity index (χ2n) is 5.72. The number of nitrogens with zero attached hydrogens (tertiary/aromatic N) is 1. The standard InChI is InChI=1S/C16H21NOSSi/c1-13-10-12-19-16(13)9-11-17-14-7-5-6-8-15(14)18-20(2,3)4/h5-8,10-12H,9H2,1-4H3. The monoisotopic (exact) mass is 303 g/mol. The van der Waals surface area contributed by atoms with Crippen molar-refractivity contribution in [3.05, 3.63) is 46.2 Å². The largest absolute Gasteiger partial charge is 0.543 e. The van der Waals surface area contributed by atoms with Crippen LogP contribution in [0.1, 0.15) is 10.4 Å². The molecular weight excluding hydrogens is 282 g/mol. The Labute approximate surface area is 126 Å². The molecule has 0 aliphatic rings. The minimum atomic E-state index is -1.60. The molecule has 0 aliphatic carbocycles. The zero-order valence-electron chi connectivity index (χ0n) is 12.5. The Kier molecular flexibility index (Phi) is 4.78. The van der Waals surface area contributed by atoms with Crippen molar-refractivity contribution in [1.29, 1.82) is 0 Å². The third-order valence-corrected chi connectivity index (χ3v) is 4.63. The second-order valence-corrected chi connectivity index (χ2v) is 11.2. The van der Waals surface area contributed by atoms with E-state index in [2.05, 4.69) is 43.0 Å². The molecule has 0 fully saturated rings. The topological polar surface area (TPSA) is 21.6 Å². The molecular formula is C16H21NOSSi. The predicted octanol–water partition coefficient (Wildman–Crippen LogP) is 5.22. The lowest BCUT2D eigenvalue weighted by Gasteiger charge is -2.20. The van der Waals surface area contributed by atoms with Crippen LogP contribution in [0.2, 0.25) is 19.6 Å². The number of thiophene rings is 1. The Morgan fingerprint density at radius 1 is 1.20 bits per heavy atom. The number of aryl methyl sites for hydroxylation is 1. The molecule has 0 atom stereocenters. The fourth-order valence-corrected chi connectivity index (χ4v) is 3.51. The highest BCUT2D eigenvalue weighted by atomic mass is 32.1. The molecule has 20 heavy (non-hydrogen) atoms. The third-order valence-electron chi connectivity index (χ3n) is 2.76. The minimum Gasteiger partial charge on any atom is -0.543 e. The summed E-state index contributed by atoms with van der Waals surface area (Å²) in [6, 6.07) is 10.2. The predicted molar refractivity (Wildman–Crippen MR) is 91.3 cm³/mol. The van der Waals surface area contributed by atoms with E-state index < -0.39 is 8.32 Å². The highest BCUT2D eigenvalue weighted by Crippen LogP contribution is 2.29. The van der Waals surface area contributed by atoms with Crippen molar-refractivity contribution < 1.29 is 4.43 Å². The van der Waals surface area contributed by atoms with Crippen LogP contribution in [0.3, 0.4) is 0 Å². The fraction of sp³-hybridized carbons (Fsp3) is 0.312. The first-order chi connectivity index (χ1) is 9.46. The van der Waals surface area contributed by atoms with Crippen LogP contribution in [0, 0.1) is 6.92 Å². The van der Waals surface area contributed by atoms with Gasteiger partial charge in [-0.25, -0.2) is 0 Å². The highest BCUT2D eigenvalue weighted by molar-refractivity contribution is 7.10. The molecule has 0 saturated heterocycles. The van der Waals surface area contributed by atoms with Gasteiger partial charge in [-0.2, -0.15) is 0 Å². The number of aliphatic imine (C=N–C) groups is 1. The average Bonchev–Trinajstić information content (AvgIpc) is 2.75. The van der Waals surface area contributed by atoms with Gasteiger partial charge in [-0.05, 0) is 55.7 Å². The summed E-state index contributed by atoms with van der Waals surface area (Å²) < 4.78 is 6.07. The summed E-state index contributed by atoms with van der Waals surface area (Å²) in [5, 5.41) is 2.13. The summed E-state index contributed by atoms with van der Waals surface area (Å²) in [5.74, 6) is 0.894. The zero-order chi connectivity index (χ0) is 14.6. The van der Waals surface area contributed by atoms with E-state index in [1.165, 1.54) is 10.4 Å². The van der Waals surface area contributed by atoms with Gasteiger partial charge in [0.05, 0.1) is 0 Å². The van der Waals surface area contributed by atoms with Crippen molar-refractivity contribution >= 4 is 31.6 Å². The normalized spacial score (nSPS) is 12.0. The number of hydrogen-bond acceptors (Lipinski definition) is 3. The summed E-state index contributed by atoms with van der Waals surface area (Å²) in [7, 11) is -1.60. The van der Waals surface area contributed by atoms with Crippen LogP contribution in [0.4, 0.5) is 5.69 Å². The molecule has 2 nitrogen and oxygen atoms in total. The number of hydrogen-bond donors (Lipinski definition) is 0. The lowest BCUT2D eigenvalue weighted by Crippen LogP contribution is -2.29. The van der Waals surface area contributed by atoms with Crippen LogP contribution in [0.25, 0.3) is 0 Å². The molecule has 0 amide bonds. The van der Waals surface area contributed by atoms with Crippen molar-refractivity contribution in [2.24, 2.45) is 4.99 Å². The number of para-hydroxylation sites is 2. The van der Waals surface area contributed by atoms with Gasteiger partial charge in [-0.3, -0.25) is 4.99 Å². The quantitative estimate of drug-likeness (QED) is 0.548. The van der Waals surface area contributed by atoms with Gasteiger partial charge < -0.3 is 4.43 Å². The number of rotatable bonds is 5. The van der Waals surface area contributed by atoms with Crippen LogP contribution in [-0.2, 0) is 6.42 Å². The Bertz CT molecular complexity index is 599. The maximum absolute atomic E-state index is 6.07. The molecule has 2 rings (SSSR count). The molecule has 0 spiro atoms. The van der Waals surface area contributed by atoms with E-state index in [0.717, 1.165) is 17.9 Å². The zero-order valence-corrected chi connectivity index (χ0v) is 14.3. The van der Waals surface area contributed by atoms with Gasteiger partial charge in [-0.1, -0.05) is 12.1 Å². The highest BCUT2D eigenvalue weighted by Gasteiger charge is 2.17. The van der Waals surface area contributed by atoms with E-state index in [1.807, 2.05) is 30.5 Å². The molecule has 0 N–H and O–H groups in total. The molecule has 1 aromatic heterocycles. The first-order valence-corrected chi connectivity index (χ1v) is 11.1. The van der Waals surface area contributed by atoms with Crippen LogP contribution < -0.4 is 4.43 Å². The Morgan fingerprint density at radius 2 is 1.95 bits per heavy atom. The Hall–Kier alpha value is -1.39. The lowest BCUT2D eigenvalue weighted by molar-refractivity contribution is 0.559. The smallest absolute Gasteiger partial charge is 0.242 e. The molecule has 1 aromatic carbocycles. The summed E-state index contributed by atoms with van der Waals surface area (Å²) in [4.78, 5) is 5.96. The maximum atomic E-state index is 6.07. The summed E-state index contributed by atoms with van der Waals surface area (Å²) in [5.41, 5.74) is 2.26. The molecule has 2 aromatic rings. The van der Waals surface area contributed by atoms with Crippen LogP contribution in [0.5, 0.6) is 5.75 Å². The van der Waals surface area contributed by atoms with E-state index in [9.17, 15) is 0 Å². The minimum absolute atomic E-state index is 0.880. The maximum Gasteiger partial charge on any atom is 0.242 e. The molecule has 0 radical (unpaired) electrons. The van der Waals surface area contributed by atoms with E-state index >= 15 is 0 Å². The van der Waals surface area contributed by atoms with Crippen molar-refractivity contribution in [1.82, 2.24) is 0 Å². The summed E-state index contributed by atoms with van der Waals surface area (Å²) >= 11 is 1.78. The van der Waals surface area contributed by atoms with Gasteiger partial charge >= 0.3 is 0 Å². The van der Waals surface area contributed by atoms with Crippen LogP contribution >= 0.6 is 11.3 Å². The van der Waals surface area contributed by atoms with Gasteiger partial charge in [0.1, 0.15) is 11.4 Å². The Balaban J connectivity index is 2.11. The van der Waals surface area contributed by atoms with Gasteiger partial charge in [0.15, 0.2) is 0 Å². The van der Waals surface area contributed by atoms with Crippen LogP contribution in [0.15, 0.2) is 40.7 Å². The van der Waals surface area contributed by atoms with E-state index in [1.54, 1.807) is 11.3 Å². The Morgan fingerprint density at radius 3 is 2.60 bits per heavy atom. The first-order valence-electron chi connectivity index (χ1n) is 6.79. The van der Waals surface area contributed by atoms with Crippen molar-refractivity contribution in [3.63, 3.8) is 0 Å². The van der Waals surface area contributed by atoms with Crippen molar-refractivity contribution in [2.75, 3.05) is 0 Å². The van der Waals surface area contributed by atoms with Gasteiger partial charge in [0, 0.05) is 17.5 Å². The fourth-order valence-electron chi connectivity index (χ4n) is 1.82. The third kappa shape index (κ3) is 4.32. The van der Waals surface area contributed by atoms with Gasteiger partial charge in [-0.15, -0.1) is 11.3 Å². The molecule has 0 saturated carbocycles. The first kappa shape index (κ1) is 15.0.